The average molecular weight is 264 g/mol. The van der Waals surface area contributed by atoms with Gasteiger partial charge in [0.15, 0.2) is 0 Å². The van der Waals surface area contributed by atoms with Gasteiger partial charge in [-0.1, -0.05) is 0 Å². The van der Waals surface area contributed by atoms with Crippen LogP contribution in [0.5, 0.6) is 5.88 Å². The molecule has 2 unspecified atom stereocenters. The quantitative estimate of drug-likeness (QED) is 0.902. The lowest BCUT2D eigenvalue weighted by Gasteiger charge is -2.48. The number of hydrogen-bond acceptors (Lipinski definition) is 5. The van der Waals surface area contributed by atoms with Gasteiger partial charge in [0.2, 0.25) is 5.88 Å². The second-order valence-electron chi connectivity index (χ2n) is 5.58. The van der Waals surface area contributed by atoms with Gasteiger partial charge in [-0.3, -0.25) is 0 Å². The Bertz CT molecular complexity index is 431. The van der Waals surface area contributed by atoms with Crippen molar-refractivity contribution in [3.63, 3.8) is 0 Å². The molecular formula is C14H20N2O3. The predicted molar refractivity (Wildman–Crippen MR) is 68.8 cm³/mol. The molecular weight excluding hydrogens is 244 g/mol. The Labute approximate surface area is 112 Å². The third-order valence-electron chi connectivity index (χ3n) is 4.42. The fourth-order valence-corrected chi connectivity index (χ4v) is 3.09. The molecule has 1 aliphatic carbocycles. The van der Waals surface area contributed by atoms with Gasteiger partial charge in [-0.05, 0) is 44.1 Å². The molecule has 1 aliphatic heterocycles. The van der Waals surface area contributed by atoms with Crippen LogP contribution in [0.3, 0.4) is 0 Å². The second-order valence-corrected chi connectivity index (χ2v) is 5.58. The van der Waals surface area contributed by atoms with E-state index in [2.05, 4.69) is 10.2 Å². The zero-order valence-corrected chi connectivity index (χ0v) is 11.2. The van der Waals surface area contributed by atoms with Crippen molar-refractivity contribution in [2.24, 2.45) is 5.92 Å². The van der Waals surface area contributed by atoms with Gasteiger partial charge in [0.05, 0.1) is 18.4 Å². The molecule has 1 N–H and O–H groups in total. The minimum atomic E-state index is -0.556. The Balaban J connectivity index is 1.69. The number of ether oxygens (including phenoxy) is 2. The number of aliphatic hydroxyl groups is 1. The van der Waals surface area contributed by atoms with Crippen molar-refractivity contribution in [2.45, 2.75) is 43.8 Å². The van der Waals surface area contributed by atoms with Crippen LogP contribution in [0.4, 0.5) is 0 Å². The van der Waals surface area contributed by atoms with Gasteiger partial charge in [0.25, 0.3) is 0 Å². The van der Waals surface area contributed by atoms with Gasteiger partial charge in [0.1, 0.15) is 6.10 Å². The lowest BCUT2D eigenvalue weighted by molar-refractivity contribution is -0.157. The van der Waals surface area contributed by atoms with Crippen LogP contribution in [-0.2, 0) is 4.74 Å². The van der Waals surface area contributed by atoms with Crippen LogP contribution < -0.4 is 4.74 Å². The first kappa shape index (κ1) is 12.8. The summed E-state index contributed by atoms with van der Waals surface area (Å²) in [4.78, 5) is 0. The molecule has 2 heterocycles. The topological polar surface area (TPSA) is 64.5 Å². The lowest BCUT2D eigenvalue weighted by atomic mass is 9.70. The summed E-state index contributed by atoms with van der Waals surface area (Å²) < 4.78 is 10.9. The molecule has 2 fully saturated rings. The smallest absolute Gasteiger partial charge is 0.233 e. The molecule has 0 aromatic carbocycles. The molecule has 5 nitrogen and oxygen atoms in total. The molecule has 0 bridgehead atoms. The van der Waals surface area contributed by atoms with Gasteiger partial charge >= 0.3 is 0 Å². The van der Waals surface area contributed by atoms with Crippen LogP contribution in [0, 0.1) is 5.92 Å². The fraction of sp³-hybridized carbons (Fsp3) is 0.714. The Hall–Kier alpha value is -1.20. The Kier molecular flexibility index (Phi) is 3.41. The Morgan fingerprint density at radius 3 is 2.84 bits per heavy atom. The highest BCUT2D eigenvalue weighted by atomic mass is 16.5. The standard InChI is InChI=1S/C14H20N2O3/c1-18-12-4-3-11(15-16-12)13(17)10-5-8-19-14(9-10)6-2-7-14/h3-4,10,13,17H,2,5-9H2,1H3. The summed E-state index contributed by atoms with van der Waals surface area (Å²) in [6.07, 6.45) is 4.76. The van der Waals surface area contributed by atoms with Crippen molar-refractivity contribution in [3.05, 3.63) is 17.8 Å². The van der Waals surface area contributed by atoms with Crippen molar-refractivity contribution >= 4 is 0 Å². The first-order valence-corrected chi connectivity index (χ1v) is 6.92. The van der Waals surface area contributed by atoms with Crippen molar-refractivity contribution < 1.29 is 14.6 Å². The van der Waals surface area contributed by atoms with Gasteiger partial charge in [-0.2, -0.15) is 0 Å². The summed E-state index contributed by atoms with van der Waals surface area (Å²) >= 11 is 0. The first-order valence-electron chi connectivity index (χ1n) is 6.92. The average Bonchev–Trinajstić information content (AvgIpc) is 2.45. The number of methoxy groups -OCH3 is 1. The summed E-state index contributed by atoms with van der Waals surface area (Å²) in [6.45, 7) is 0.741. The molecule has 2 atom stereocenters. The van der Waals surface area contributed by atoms with E-state index in [0.717, 1.165) is 32.3 Å². The van der Waals surface area contributed by atoms with Gasteiger partial charge < -0.3 is 14.6 Å². The molecule has 1 saturated carbocycles. The van der Waals surface area contributed by atoms with E-state index in [4.69, 9.17) is 9.47 Å². The molecule has 1 spiro atoms. The van der Waals surface area contributed by atoms with E-state index in [9.17, 15) is 5.11 Å². The lowest BCUT2D eigenvalue weighted by Crippen LogP contribution is -2.46. The Morgan fingerprint density at radius 2 is 2.26 bits per heavy atom. The molecule has 1 aromatic rings. The van der Waals surface area contributed by atoms with Gasteiger partial charge in [-0.15, -0.1) is 10.2 Å². The highest BCUT2D eigenvalue weighted by Crippen LogP contribution is 2.46. The molecule has 3 rings (SSSR count). The van der Waals surface area contributed by atoms with E-state index in [-0.39, 0.29) is 11.5 Å². The van der Waals surface area contributed by atoms with Crippen LogP contribution in [-0.4, -0.2) is 34.6 Å². The minimum absolute atomic E-state index is 0.0454. The molecule has 104 valence electrons. The van der Waals surface area contributed by atoms with E-state index in [1.165, 1.54) is 6.42 Å². The van der Waals surface area contributed by atoms with Crippen LogP contribution in [0.2, 0.25) is 0 Å². The summed E-state index contributed by atoms with van der Waals surface area (Å²) in [5, 5.41) is 18.4. The molecule has 19 heavy (non-hydrogen) atoms. The molecule has 2 aliphatic rings. The number of hydrogen-bond donors (Lipinski definition) is 1. The maximum Gasteiger partial charge on any atom is 0.233 e. The van der Waals surface area contributed by atoms with E-state index in [0.29, 0.717) is 11.6 Å². The van der Waals surface area contributed by atoms with Crippen LogP contribution >= 0.6 is 0 Å². The maximum atomic E-state index is 10.5. The molecule has 0 radical (unpaired) electrons. The Morgan fingerprint density at radius 1 is 1.42 bits per heavy atom. The van der Waals surface area contributed by atoms with Crippen LogP contribution in [0.1, 0.15) is 43.9 Å². The summed E-state index contributed by atoms with van der Waals surface area (Å²) in [6, 6.07) is 3.53. The fourth-order valence-electron chi connectivity index (χ4n) is 3.09. The van der Waals surface area contributed by atoms with Crippen molar-refractivity contribution in [1.29, 1.82) is 0 Å². The van der Waals surface area contributed by atoms with Crippen LogP contribution in [0.25, 0.3) is 0 Å². The highest BCUT2D eigenvalue weighted by molar-refractivity contribution is 5.14. The number of aliphatic hydroxyl groups excluding tert-OH is 1. The minimum Gasteiger partial charge on any atom is -0.480 e. The van der Waals surface area contributed by atoms with Crippen molar-refractivity contribution in [3.8, 4) is 5.88 Å². The molecule has 0 amide bonds. The van der Waals surface area contributed by atoms with Gasteiger partial charge in [-0.25, -0.2) is 0 Å². The van der Waals surface area contributed by atoms with E-state index in [1.807, 2.05) is 0 Å². The first-order chi connectivity index (χ1) is 9.22. The number of nitrogens with zero attached hydrogens (tertiary/aromatic N) is 2. The van der Waals surface area contributed by atoms with E-state index in [1.54, 1.807) is 19.2 Å². The number of aromatic nitrogens is 2. The largest absolute Gasteiger partial charge is 0.480 e. The summed E-state index contributed by atoms with van der Waals surface area (Å²) in [5.74, 6) is 0.690. The molecule has 5 heteroatoms. The normalized spacial score (nSPS) is 26.7. The SMILES string of the molecule is COc1ccc(C(O)C2CCOC3(CCC3)C2)nn1. The molecule has 1 aromatic heterocycles. The maximum absolute atomic E-state index is 10.5. The monoisotopic (exact) mass is 264 g/mol. The predicted octanol–water partition coefficient (Wildman–Crippen LogP) is 1.87. The van der Waals surface area contributed by atoms with Crippen molar-refractivity contribution in [1.82, 2.24) is 10.2 Å². The molecule has 1 saturated heterocycles. The van der Waals surface area contributed by atoms with Crippen LogP contribution in [0.15, 0.2) is 12.1 Å². The number of rotatable bonds is 3. The van der Waals surface area contributed by atoms with E-state index < -0.39 is 6.10 Å². The second kappa shape index (κ2) is 5.06. The third kappa shape index (κ3) is 2.44. The zero-order chi connectivity index (χ0) is 13.3. The third-order valence-corrected chi connectivity index (χ3v) is 4.42. The summed E-state index contributed by atoms with van der Waals surface area (Å²) in [5.41, 5.74) is 0.672. The van der Waals surface area contributed by atoms with Crippen molar-refractivity contribution in [2.75, 3.05) is 13.7 Å². The highest BCUT2D eigenvalue weighted by Gasteiger charge is 2.44. The van der Waals surface area contributed by atoms with Gasteiger partial charge in [0, 0.05) is 12.7 Å². The zero-order valence-electron chi connectivity index (χ0n) is 11.2. The van der Waals surface area contributed by atoms with E-state index >= 15 is 0 Å². The summed E-state index contributed by atoms with van der Waals surface area (Å²) in [7, 11) is 1.55.